The molecule has 0 saturated heterocycles. The second kappa shape index (κ2) is 5.63. The molecule has 5 heteroatoms. The van der Waals surface area contributed by atoms with Gasteiger partial charge in [0.2, 0.25) is 5.89 Å². The highest BCUT2D eigenvalue weighted by atomic mass is 16.5. The van der Waals surface area contributed by atoms with Crippen molar-refractivity contribution in [3.63, 3.8) is 0 Å². The topological polar surface area (TPSA) is 55.9 Å². The van der Waals surface area contributed by atoms with Crippen LogP contribution in [0, 0.1) is 6.92 Å². The molecule has 0 amide bonds. The summed E-state index contributed by atoms with van der Waals surface area (Å²) in [7, 11) is 0. The molecule has 0 atom stereocenters. The van der Waals surface area contributed by atoms with Crippen molar-refractivity contribution < 1.29 is 4.52 Å². The molecule has 0 spiro atoms. The SMILES string of the molecule is CCCn1cccc1CNCc1noc(C)n1. The zero-order chi connectivity index (χ0) is 12.1. The number of nitrogens with one attached hydrogen (secondary N) is 1. The maximum atomic E-state index is 4.91. The van der Waals surface area contributed by atoms with Gasteiger partial charge in [0.15, 0.2) is 5.82 Å². The maximum absolute atomic E-state index is 4.91. The summed E-state index contributed by atoms with van der Waals surface area (Å²) in [5.74, 6) is 1.31. The Morgan fingerprint density at radius 3 is 3.00 bits per heavy atom. The first-order valence-electron chi connectivity index (χ1n) is 5.93. The molecule has 0 fully saturated rings. The number of aryl methyl sites for hydroxylation is 2. The minimum atomic E-state index is 0.608. The molecule has 0 radical (unpaired) electrons. The van der Waals surface area contributed by atoms with E-state index >= 15 is 0 Å². The molecule has 0 aromatic carbocycles. The predicted octanol–water partition coefficient (Wildman–Crippen LogP) is 1.88. The average Bonchev–Trinajstić information content (AvgIpc) is 2.90. The summed E-state index contributed by atoms with van der Waals surface area (Å²) in [6.07, 6.45) is 3.25. The van der Waals surface area contributed by atoms with Crippen LogP contribution < -0.4 is 5.32 Å². The molecule has 92 valence electrons. The Morgan fingerprint density at radius 2 is 2.29 bits per heavy atom. The molecule has 2 aromatic heterocycles. The molecule has 0 aliphatic heterocycles. The van der Waals surface area contributed by atoms with Gasteiger partial charge in [-0.2, -0.15) is 4.98 Å². The number of hydrogen-bond acceptors (Lipinski definition) is 4. The van der Waals surface area contributed by atoms with Crippen molar-refractivity contribution in [2.45, 2.75) is 39.9 Å². The summed E-state index contributed by atoms with van der Waals surface area (Å²) in [5.41, 5.74) is 1.28. The van der Waals surface area contributed by atoms with Crippen LogP contribution in [0.4, 0.5) is 0 Å². The van der Waals surface area contributed by atoms with Gasteiger partial charge < -0.3 is 14.4 Å². The van der Waals surface area contributed by atoms with E-state index in [0.717, 1.165) is 19.5 Å². The Labute approximate surface area is 101 Å². The summed E-state index contributed by atoms with van der Waals surface area (Å²) in [4.78, 5) is 4.14. The summed E-state index contributed by atoms with van der Waals surface area (Å²) in [6, 6.07) is 4.20. The molecular weight excluding hydrogens is 216 g/mol. The average molecular weight is 234 g/mol. The first-order valence-corrected chi connectivity index (χ1v) is 5.93. The van der Waals surface area contributed by atoms with Crippen LogP contribution in [0.2, 0.25) is 0 Å². The van der Waals surface area contributed by atoms with Crippen molar-refractivity contribution >= 4 is 0 Å². The Kier molecular flexibility index (Phi) is 3.93. The van der Waals surface area contributed by atoms with Crippen molar-refractivity contribution in [3.8, 4) is 0 Å². The number of hydrogen-bond donors (Lipinski definition) is 1. The first-order chi connectivity index (χ1) is 8.29. The van der Waals surface area contributed by atoms with Crippen molar-refractivity contribution in [2.24, 2.45) is 0 Å². The van der Waals surface area contributed by atoms with Gasteiger partial charge in [0.25, 0.3) is 0 Å². The fourth-order valence-corrected chi connectivity index (χ4v) is 1.78. The van der Waals surface area contributed by atoms with Gasteiger partial charge >= 0.3 is 0 Å². The Hall–Kier alpha value is -1.62. The largest absolute Gasteiger partial charge is 0.350 e. The molecule has 0 aliphatic rings. The monoisotopic (exact) mass is 234 g/mol. The van der Waals surface area contributed by atoms with E-state index in [1.165, 1.54) is 5.69 Å². The highest BCUT2D eigenvalue weighted by Crippen LogP contribution is 2.03. The van der Waals surface area contributed by atoms with Crippen LogP contribution in [-0.2, 0) is 19.6 Å². The molecule has 17 heavy (non-hydrogen) atoms. The van der Waals surface area contributed by atoms with Gasteiger partial charge in [-0.3, -0.25) is 0 Å². The lowest BCUT2D eigenvalue weighted by Crippen LogP contribution is -2.16. The third kappa shape index (κ3) is 3.17. The van der Waals surface area contributed by atoms with Gasteiger partial charge in [-0.15, -0.1) is 0 Å². The molecule has 5 nitrogen and oxygen atoms in total. The number of rotatable bonds is 6. The van der Waals surface area contributed by atoms with E-state index in [2.05, 4.69) is 45.3 Å². The molecule has 0 bridgehead atoms. The number of aromatic nitrogens is 3. The van der Waals surface area contributed by atoms with E-state index in [4.69, 9.17) is 4.52 Å². The fourth-order valence-electron chi connectivity index (χ4n) is 1.78. The zero-order valence-corrected chi connectivity index (χ0v) is 10.3. The van der Waals surface area contributed by atoms with Gasteiger partial charge in [0.1, 0.15) is 0 Å². The predicted molar refractivity (Wildman–Crippen MR) is 64.3 cm³/mol. The van der Waals surface area contributed by atoms with Crippen molar-refractivity contribution in [2.75, 3.05) is 0 Å². The van der Waals surface area contributed by atoms with Gasteiger partial charge in [-0.1, -0.05) is 12.1 Å². The Bertz CT molecular complexity index is 461. The standard InChI is InChI=1S/C12H18N4O/c1-3-6-16-7-4-5-11(16)8-13-9-12-14-10(2)17-15-12/h4-5,7,13H,3,6,8-9H2,1-2H3. The van der Waals surface area contributed by atoms with Crippen LogP contribution in [0.3, 0.4) is 0 Å². The maximum Gasteiger partial charge on any atom is 0.223 e. The van der Waals surface area contributed by atoms with Crippen LogP contribution >= 0.6 is 0 Å². The molecule has 2 aromatic rings. The van der Waals surface area contributed by atoms with E-state index in [0.29, 0.717) is 18.3 Å². The smallest absolute Gasteiger partial charge is 0.223 e. The Morgan fingerprint density at radius 1 is 1.41 bits per heavy atom. The van der Waals surface area contributed by atoms with E-state index in [-0.39, 0.29) is 0 Å². The van der Waals surface area contributed by atoms with Gasteiger partial charge in [0.05, 0.1) is 6.54 Å². The lowest BCUT2D eigenvalue weighted by molar-refractivity contribution is 0.385. The quantitative estimate of drug-likeness (QED) is 0.829. The minimum Gasteiger partial charge on any atom is -0.350 e. The van der Waals surface area contributed by atoms with Gasteiger partial charge in [-0.05, 0) is 18.6 Å². The summed E-state index contributed by atoms with van der Waals surface area (Å²) >= 11 is 0. The molecule has 0 unspecified atom stereocenters. The summed E-state index contributed by atoms with van der Waals surface area (Å²) in [6.45, 7) is 6.49. The summed E-state index contributed by atoms with van der Waals surface area (Å²) in [5, 5.41) is 7.15. The minimum absolute atomic E-state index is 0.608. The first kappa shape index (κ1) is 11.9. The molecule has 0 saturated carbocycles. The molecule has 2 rings (SSSR count). The van der Waals surface area contributed by atoms with Crippen molar-refractivity contribution in [1.82, 2.24) is 20.0 Å². The van der Waals surface area contributed by atoms with Crippen LogP contribution in [-0.4, -0.2) is 14.7 Å². The van der Waals surface area contributed by atoms with Crippen LogP contribution in [0.5, 0.6) is 0 Å². The molecule has 1 N–H and O–H groups in total. The highest BCUT2D eigenvalue weighted by Gasteiger charge is 2.03. The van der Waals surface area contributed by atoms with Crippen LogP contribution in [0.25, 0.3) is 0 Å². The van der Waals surface area contributed by atoms with Gasteiger partial charge in [0, 0.05) is 31.9 Å². The van der Waals surface area contributed by atoms with Crippen molar-refractivity contribution in [3.05, 3.63) is 35.7 Å². The van der Waals surface area contributed by atoms with E-state index in [1.807, 2.05) is 0 Å². The van der Waals surface area contributed by atoms with Crippen LogP contribution in [0.15, 0.2) is 22.9 Å². The summed E-state index contributed by atoms with van der Waals surface area (Å²) < 4.78 is 7.17. The second-order valence-corrected chi connectivity index (χ2v) is 4.03. The van der Waals surface area contributed by atoms with E-state index in [1.54, 1.807) is 6.92 Å². The van der Waals surface area contributed by atoms with Crippen LogP contribution in [0.1, 0.15) is 30.8 Å². The highest BCUT2D eigenvalue weighted by molar-refractivity contribution is 5.06. The van der Waals surface area contributed by atoms with Gasteiger partial charge in [-0.25, -0.2) is 0 Å². The third-order valence-electron chi connectivity index (χ3n) is 2.55. The lowest BCUT2D eigenvalue weighted by atomic mass is 10.4. The number of nitrogens with zero attached hydrogens (tertiary/aromatic N) is 3. The third-order valence-corrected chi connectivity index (χ3v) is 2.55. The van der Waals surface area contributed by atoms with E-state index in [9.17, 15) is 0 Å². The molecule has 0 aliphatic carbocycles. The fraction of sp³-hybridized carbons (Fsp3) is 0.500. The zero-order valence-electron chi connectivity index (χ0n) is 10.3. The second-order valence-electron chi connectivity index (χ2n) is 4.03. The molecule has 2 heterocycles. The Balaban J connectivity index is 1.83. The lowest BCUT2D eigenvalue weighted by Gasteiger charge is -2.07. The van der Waals surface area contributed by atoms with E-state index < -0.39 is 0 Å². The normalized spacial score (nSPS) is 10.9. The van der Waals surface area contributed by atoms with Crippen molar-refractivity contribution in [1.29, 1.82) is 0 Å². The molecular formula is C12H18N4O.